The van der Waals surface area contributed by atoms with E-state index in [0.717, 1.165) is 75.0 Å². The topological polar surface area (TPSA) is 72.9 Å². The maximum Gasteiger partial charge on any atom is 0.327 e. The van der Waals surface area contributed by atoms with Crippen molar-refractivity contribution >= 4 is 11.8 Å². The molecule has 0 saturated carbocycles. The summed E-state index contributed by atoms with van der Waals surface area (Å²) >= 11 is 0. The third kappa shape index (κ3) is 6.53. The number of carbonyl (C=O) groups is 1. The van der Waals surface area contributed by atoms with Gasteiger partial charge < -0.3 is 19.5 Å². The zero-order valence-electron chi connectivity index (χ0n) is 22.4. The van der Waals surface area contributed by atoms with Crippen LogP contribution in [0.2, 0.25) is 0 Å². The van der Waals surface area contributed by atoms with Crippen LogP contribution in [0.4, 0.5) is 10.2 Å². The fourth-order valence-electron chi connectivity index (χ4n) is 5.94. The Morgan fingerprint density at radius 2 is 2.13 bits per heavy atom. The number of ether oxygens (including phenoxy) is 3. The maximum absolute atomic E-state index is 14.4. The summed E-state index contributed by atoms with van der Waals surface area (Å²) in [6.07, 6.45) is 8.88. The van der Waals surface area contributed by atoms with Crippen LogP contribution < -0.4 is 5.32 Å². The number of pyridine rings is 1. The second-order valence-electron chi connectivity index (χ2n) is 10.6. The summed E-state index contributed by atoms with van der Waals surface area (Å²) in [6.45, 7) is 3.66. The number of benzene rings is 1. The van der Waals surface area contributed by atoms with Crippen LogP contribution >= 0.6 is 0 Å². The summed E-state index contributed by atoms with van der Waals surface area (Å²) in [5.41, 5.74) is 3.98. The van der Waals surface area contributed by atoms with E-state index in [2.05, 4.69) is 22.3 Å². The van der Waals surface area contributed by atoms with Crippen molar-refractivity contribution in [2.45, 2.75) is 76.0 Å². The number of carbonyl (C=O) groups excluding carboxylic acids is 1. The SMILES string of the molecule is COC(=O)[C@@H](c1cc(F)ccc1[C@H]1CCCCO1)N1CC[C@@H](OCCCCc2ccc3c(n2)NCCC3)C1. The minimum atomic E-state index is -0.673. The van der Waals surface area contributed by atoms with Crippen molar-refractivity contribution in [1.29, 1.82) is 0 Å². The van der Waals surface area contributed by atoms with E-state index in [1.54, 1.807) is 6.07 Å². The van der Waals surface area contributed by atoms with Crippen molar-refractivity contribution in [1.82, 2.24) is 9.88 Å². The number of halogens is 1. The Labute approximate surface area is 225 Å². The molecule has 8 heteroatoms. The highest BCUT2D eigenvalue weighted by Gasteiger charge is 2.37. The van der Waals surface area contributed by atoms with Crippen molar-refractivity contribution in [2.24, 2.45) is 0 Å². The van der Waals surface area contributed by atoms with Crippen molar-refractivity contribution in [3.8, 4) is 0 Å². The Kier molecular flexibility index (Phi) is 9.25. The number of aromatic nitrogens is 1. The van der Waals surface area contributed by atoms with Gasteiger partial charge in [0.05, 0.1) is 19.3 Å². The first-order valence-electron chi connectivity index (χ1n) is 14.2. The number of hydrogen-bond donors (Lipinski definition) is 1. The maximum atomic E-state index is 14.4. The average Bonchev–Trinajstić information content (AvgIpc) is 3.41. The number of hydrogen-bond acceptors (Lipinski definition) is 7. The molecular formula is C30H40FN3O4. The number of nitrogens with zero attached hydrogens (tertiary/aromatic N) is 2. The molecule has 1 aromatic heterocycles. The van der Waals surface area contributed by atoms with Crippen LogP contribution in [0.15, 0.2) is 30.3 Å². The Morgan fingerprint density at radius 1 is 1.21 bits per heavy atom. The second-order valence-corrected chi connectivity index (χ2v) is 10.6. The molecule has 0 aliphatic carbocycles. The molecule has 0 unspecified atom stereocenters. The molecule has 38 heavy (non-hydrogen) atoms. The minimum absolute atomic E-state index is 0.0381. The fourth-order valence-corrected chi connectivity index (χ4v) is 5.94. The van der Waals surface area contributed by atoms with Gasteiger partial charge in [-0.2, -0.15) is 0 Å². The number of esters is 1. The van der Waals surface area contributed by atoms with Crippen LogP contribution in [0.5, 0.6) is 0 Å². The number of likely N-dealkylation sites (tertiary alicyclic amines) is 1. The quantitative estimate of drug-likeness (QED) is 0.340. The van der Waals surface area contributed by atoms with Gasteiger partial charge in [-0.15, -0.1) is 0 Å². The Morgan fingerprint density at radius 3 is 2.97 bits per heavy atom. The number of aryl methyl sites for hydroxylation is 2. The van der Waals surface area contributed by atoms with Gasteiger partial charge in [0.1, 0.15) is 17.7 Å². The van der Waals surface area contributed by atoms with Gasteiger partial charge in [0.25, 0.3) is 0 Å². The molecular weight excluding hydrogens is 485 g/mol. The van der Waals surface area contributed by atoms with Gasteiger partial charge in [0.2, 0.25) is 0 Å². The summed E-state index contributed by atoms with van der Waals surface area (Å²) in [6, 6.07) is 8.38. The van der Waals surface area contributed by atoms with E-state index >= 15 is 0 Å². The molecule has 3 aliphatic rings. The molecule has 1 aromatic carbocycles. The zero-order chi connectivity index (χ0) is 26.3. The van der Waals surface area contributed by atoms with Crippen molar-refractivity contribution in [3.63, 3.8) is 0 Å². The van der Waals surface area contributed by atoms with Gasteiger partial charge >= 0.3 is 5.97 Å². The lowest BCUT2D eigenvalue weighted by Gasteiger charge is -2.31. The minimum Gasteiger partial charge on any atom is -0.468 e. The number of nitrogens with one attached hydrogen (secondary N) is 1. The fraction of sp³-hybridized carbons (Fsp3) is 0.600. The third-order valence-electron chi connectivity index (χ3n) is 7.97. The number of rotatable bonds is 10. The molecule has 2 aromatic rings. The van der Waals surface area contributed by atoms with E-state index in [1.165, 1.54) is 31.2 Å². The lowest BCUT2D eigenvalue weighted by Crippen LogP contribution is -2.35. The van der Waals surface area contributed by atoms with E-state index in [0.29, 0.717) is 31.9 Å². The van der Waals surface area contributed by atoms with Gasteiger partial charge in [-0.1, -0.05) is 12.1 Å². The van der Waals surface area contributed by atoms with E-state index in [4.69, 9.17) is 19.2 Å². The lowest BCUT2D eigenvalue weighted by atomic mass is 9.92. The van der Waals surface area contributed by atoms with E-state index in [-0.39, 0.29) is 24.0 Å². The monoisotopic (exact) mass is 525 g/mol. The van der Waals surface area contributed by atoms with Gasteiger partial charge in [0.15, 0.2) is 0 Å². The molecule has 0 amide bonds. The van der Waals surface area contributed by atoms with Gasteiger partial charge in [-0.3, -0.25) is 4.90 Å². The van der Waals surface area contributed by atoms with Gasteiger partial charge in [-0.05, 0) is 92.7 Å². The predicted molar refractivity (Wildman–Crippen MR) is 144 cm³/mol. The number of unbranched alkanes of at least 4 members (excludes halogenated alkanes) is 1. The van der Waals surface area contributed by atoms with E-state index < -0.39 is 6.04 Å². The van der Waals surface area contributed by atoms with Crippen LogP contribution in [-0.4, -0.2) is 61.9 Å². The van der Waals surface area contributed by atoms with Crippen LogP contribution in [0.3, 0.4) is 0 Å². The zero-order valence-corrected chi connectivity index (χ0v) is 22.4. The lowest BCUT2D eigenvalue weighted by molar-refractivity contribution is -0.147. The molecule has 2 saturated heterocycles. The predicted octanol–water partition coefficient (Wildman–Crippen LogP) is 5.15. The van der Waals surface area contributed by atoms with E-state index in [1.807, 2.05) is 0 Å². The van der Waals surface area contributed by atoms with Crippen LogP contribution in [-0.2, 0) is 31.8 Å². The summed E-state index contributed by atoms with van der Waals surface area (Å²) in [4.78, 5) is 19.8. The molecule has 0 radical (unpaired) electrons. The molecule has 4 heterocycles. The largest absolute Gasteiger partial charge is 0.468 e. The first-order valence-corrected chi connectivity index (χ1v) is 14.2. The molecule has 7 nitrogen and oxygen atoms in total. The van der Waals surface area contributed by atoms with E-state index in [9.17, 15) is 9.18 Å². The first-order chi connectivity index (χ1) is 18.6. The summed E-state index contributed by atoms with van der Waals surface area (Å²) < 4.78 is 31.8. The third-order valence-corrected chi connectivity index (χ3v) is 7.97. The normalized spacial score (nSPS) is 22.5. The smallest absolute Gasteiger partial charge is 0.327 e. The molecule has 2 fully saturated rings. The summed E-state index contributed by atoms with van der Waals surface area (Å²) in [5.74, 6) is 0.317. The average molecular weight is 526 g/mol. The summed E-state index contributed by atoms with van der Waals surface area (Å²) in [7, 11) is 1.39. The highest BCUT2D eigenvalue weighted by Crippen LogP contribution is 2.37. The molecule has 206 valence electrons. The van der Waals surface area contributed by atoms with Crippen molar-refractivity contribution < 1.29 is 23.4 Å². The van der Waals surface area contributed by atoms with Crippen molar-refractivity contribution in [3.05, 3.63) is 58.5 Å². The molecule has 0 bridgehead atoms. The van der Waals surface area contributed by atoms with Crippen LogP contribution in [0.25, 0.3) is 0 Å². The molecule has 1 N–H and O–H groups in total. The van der Waals surface area contributed by atoms with Gasteiger partial charge in [-0.25, -0.2) is 14.2 Å². The standard InChI is InChI=1S/C30H40FN3O4/c1-36-30(35)28(26-19-22(31)11-13-25(26)27-9-3-5-18-38-27)34-16-14-24(20-34)37-17-4-2-8-23-12-10-21-7-6-15-32-29(21)33-23/h10-13,19,24,27-28H,2-9,14-18,20H2,1H3,(H,32,33)/t24-,27-,28-/m1/s1. The Hall–Kier alpha value is -2.55. The number of anilines is 1. The highest BCUT2D eigenvalue weighted by atomic mass is 19.1. The summed E-state index contributed by atoms with van der Waals surface area (Å²) in [5, 5.41) is 3.40. The Balaban J connectivity index is 1.15. The van der Waals surface area contributed by atoms with Crippen LogP contribution in [0, 0.1) is 5.82 Å². The van der Waals surface area contributed by atoms with Crippen molar-refractivity contribution in [2.75, 3.05) is 45.3 Å². The number of fused-ring (bicyclic) bond motifs is 1. The first kappa shape index (κ1) is 27.0. The molecule has 3 atom stereocenters. The number of methoxy groups -OCH3 is 1. The van der Waals surface area contributed by atoms with Gasteiger partial charge in [0, 0.05) is 38.5 Å². The highest BCUT2D eigenvalue weighted by molar-refractivity contribution is 5.78. The van der Waals surface area contributed by atoms with Crippen LogP contribution in [0.1, 0.15) is 79.5 Å². The Bertz CT molecular complexity index is 1090. The molecule has 5 rings (SSSR count). The molecule has 0 spiro atoms. The molecule has 3 aliphatic heterocycles. The second kappa shape index (κ2) is 13.0.